The van der Waals surface area contributed by atoms with E-state index in [0.717, 1.165) is 5.75 Å². The number of aromatic nitrogens is 4. The average Bonchev–Trinajstić information content (AvgIpc) is 3.39. The van der Waals surface area contributed by atoms with Crippen molar-refractivity contribution in [3.63, 3.8) is 0 Å². The molecule has 0 aliphatic carbocycles. The second kappa shape index (κ2) is 8.91. The minimum Gasteiger partial charge on any atom is -0.497 e. The van der Waals surface area contributed by atoms with Gasteiger partial charge in [-0.2, -0.15) is 10.2 Å². The summed E-state index contributed by atoms with van der Waals surface area (Å²) in [5, 5.41) is 10.9. The molecule has 0 spiro atoms. The van der Waals surface area contributed by atoms with Crippen LogP contribution in [0.25, 0.3) is 0 Å². The number of nitrogens with zero attached hydrogens (tertiary/aromatic N) is 4. The fourth-order valence-electron chi connectivity index (χ4n) is 2.48. The van der Waals surface area contributed by atoms with Gasteiger partial charge in [0.25, 0.3) is 5.91 Å². The Morgan fingerprint density at radius 2 is 1.76 bits per heavy atom. The molecule has 152 valence electrons. The zero-order valence-electron chi connectivity index (χ0n) is 16.3. The first-order chi connectivity index (χ1) is 14.0. The number of methoxy groups -OCH3 is 2. The predicted molar refractivity (Wildman–Crippen MR) is 103 cm³/mol. The molecule has 1 aromatic carbocycles. The van der Waals surface area contributed by atoms with Crippen LogP contribution in [0.3, 0.4) is 0 Å². The summed E-state index contributed by atoms with van der Waals surface area (Å²) in [5.41, 5.74) is 0.459. The maximum atomic E-state index is 12.5. The minimum absolute atomic E-state index is 0.0324. The van der Waals surface area contributed by atoms with Gasteiger partial charge in [-0.15, -0.1) is 0 Å². The van der Waals surface area contributed by atoms with E-state index in [4.69, 9.17) is 14.2 Å². The summed E-state index contributed by atoms with van der Waals surface area (Å²) in [6, 6.07) is 8.67. The molecular weight excluding hydrogens is 378 g/mol. The third-order valence-electron chi connectivity index (χ3n) is 4.01. The van der Waals surface area contributed by atoms with Gasteiger partial charge in [0, 0.05) is 18.9 Å². The largest absolute Gasteiger partial charge is 0.497 e. The molecule has 0 unspecified atom stereocenters. The average molecular weight is 399 g/mol. The van der Waals surface area contributed by atoms with E-state index in [9.17, 15) is 9.59 Å². The number of carbonyl (C=O) groups excluding carboxylic acids is 2. The van der Waals surface area contributed by atoms with Crippen LogP contribution in [0.2, 0.25) is 0 Å². The number of nitrogens with one attached hydrogen (secondary N) is 1. The van der Waals surface area contributed by atoms with Crippen LogP contribution >= 0.6 is 0 Å². The fraction of sp³-hybridized carbons (Fsp3) is 0.263. The van der Waals surface area contributed by atoms with Crippen molar-refractivity contribution in [2.75, 3.05) is 19.5 Å². The molecule has 29 heavy (non-hydrogen) atoms. The lowest BCUT2D eigenvalue weighted by Gasteiger charge is -2.07. The highest BCUT2D eigenvalue weighted by Gasteiger charge is 2.20. The molecule has 0 atom stereocenters. The number of anilines is 1. The first-order valence-corrected chi connectivity index (χ1v) is 8.81. The van der Waals surface area contributed by atoms with Crippen LogP contribution in [-0.2, 0) is 18.0 Å². The lowest BCUT2D eigenvalue weighted by Crippen LogP contribution is -2.16. The lowest BCUT2D eigenvalue weighted by atomic mass is 10.3. The van der Waals surface area contributed by atoms with E-state index in [2.05, 4.69) is 15.5 Å². The maximum Gasteiger partial charge on any atom is 0.360 e. The monoisotopic (exact) mass is 399 g/mol. The van der Waals surface area contributed by atoms with Crippen molar-refractivity contribution >= 4 is 17.6 Å². The van der Waals surface area contributed by atoms with Crippen LogP contribution in [0.5, 0.6) is 11.5 Å². The molecule has 1 amide bonds. The number of benzene rings is 1. The van der Waals surface area contributed by atoms with Gasteiger partial charge in [-0.1, -0.05) is 0 Å². The molecule has 0 bridgehead atoms. The van der Waals surface area contributed by atoms with Crippen LogP contribution in [0, 0.1) is 0 Å². The third kappa shape index (κ3) is 4.72. The highest BCUT2D eigenvalue weighted by atomic mass is 16.5. The quantitative estimate of drug-likeness (QED) is 0.578. The van der Waals surface area contributed by atoms with Gasteiger partial charge in [0.1, 0.15) is 11.5 Å². The van der Waals surface area contributed by atoms with Crippen LogP contribution < -0.4 is 14.8 Å². The van der Waals surface area contributed by atoms with E-state index in [0.29, 0.717) is 12.3 Å². The van der Waals surface area contributed by atoms with E-state index in [-0.39, 0.29) is 23.8 Å². The van der Waals surface area contributed by atoms with Crippen LogP contribution in [0.4, 0.5) is 5.69 Å². The van der Waals surface area contributed by atoms with Gasteiger partial charge < -0.3 is 19.5 Å². The van der Waals surface area contributed by atoms with Crippen LogP contribution in [0.1, 0.15) is 27.9 Å². The van der Waals surface area contributed by atoms with E-state index in [1.807, 2.05) is 6.92 Å². The Balaban J connectivity index is 1.64. The second-order valence-electron chi connectivity index (χ2n) is 5.88. The number of esters is 1. The number of hydrogen-bond acceptors (Lipinski definition) is 7. The van der Waals surface area contributed by atoms with E-state index in [1.165, 1.54) is 16.5 Å². The van der Waals surface area contributed by atoms with Crippen molar-refractivity contribution in [3.8, 4) is 11.5 Å². The van der Waals surface area contributed by atoms with Crippen molar-refractivity contribution in [1.82, 2.24) is 19.6 Å². The number of hydrogen-bond donors (Lipinski definition) is 1. The first-order valence-electron chi connectivity index (χ1n) is 8.81. The number of carbonyl (C=O) groups is 2. The summed E-state index contributed by atoms with van der Waals surface area (Å²) < 4.78 is 18.4. The van der Waals surface area contributed by atoms with Gasteiger partial charge in [0.2, 0.25) is 0 Å². The molecule has 0 aliphatic rings. The topological polar surface area (TPSA) is 110 Å². The van der Waals surface area contributed by atoms with Gasteiger partial charge in [-0.3, -0.25) is 9.48 Å². The predicted octanol–water partition coefficient (Wildman–Crippen LogP) is 2.18. The number of rotatable bonds is 8. The number of ether oxygens (including phenoxy) is 3. The van der Waals surface area contributed by atoms with Gasteiger partial charge >= 0.3 is 5.97 Å². The Morgan fingerprint density at radius 3 is 2.41 bits per heavy atom. The Morgan fingerprint density at radius 1 is 1.03 bits per heavy atom. The summed E-state index contributed by atoms with van der Waals surface area (Å²) in [6.45, 7) is 2.53. The Hall–Kier alpha value is -3.82. The van der Waals surface area contributed by atoms with Gasteiger partial charge in [0.05, 0.1) is 19.9 Å². The zero-order valence-corrected chi connectivity index (χ0v) is 16.3. The standard InChI is InChI=1S/C19H21N5O5/c1-4-23-11-16(17(22-23)19(26)28-3)20-18(25)15-9-10-24(21-15)12-29-14-7-5-13(27-2)6-8-14/h5-11H,4,12H2,1-3H3,(H,20,25). The third-order valence-corrected chi connectivity index (χ3v) is 4.01. The summed E-state index contributed by atoms with van der Waals surface area (Å²) >= 11 is 0. The summed E-state index contributed by atoms with van der Waals surface area (Å²) in [5.74, 6) is 0.259. The van der Waals surface area contributed by atoms with Crippen molar-refractivity contribution in [3.05, 3.63) is 54.1 Å². The Kier molecular flexibility index (Phi) is 6.12. The van der Waals surface area contributed by atoms with E-state index >= 15 is 0 Å². The molecule has 2 aromatic heterocycles. The molecular formula is C19H21N5O5. The smallest absolute Gasteiger partial charge is 0.360 e. The number of aryl methyl sites for hydroxylation is 1. The summed E-state index contributed by atoms with van der Waals surface area (Å²) in [6.07, 6.45) is 3.18. The van der Waals surface area contributed by atoms with E-state index < -0.39 is 11.9 Å². The van der Waals surface area contributed by atoms with Crippen LogP contribution in [-0.4, -0.2) is 45.7 Å². The molecule has 0 aliphatic heterocycles. The lowest BCUT2D eigenvalue weighted by molar-refractivity contribution is 0.0594. The van der Waals surface area contributed by atoms with Crippen LogP contribution in [0.15, 0.2) is 42.7 Å². The highest BCUT2D eigenvalue weighted by Crippen LogP contribution is 2.18. The van der Waals surface area contributed by atoms with Gasteiger partial charge in [-0.25, -0.2) is 9.48 Å². The minimum atomic E-state index is -0.633. The molecule has 0 radical (unpaired) electrons. The SMILES string of the molecule is CCn1cc(NC(=O)c2ccn(COc3ccc(OC)cc3)n2)c(C(=O)OC)n1. The van der Waals surface area contributed by atoms with E-state index in [1.54, 1.807) is 49.8 Å². The molecule has 0 fully saturated rings. The molecule has 3 aromatic rings. The Labute approximate surface area is 167 Å². The highest BCUT2D eigenvalue weighted by molar-refractivity contribution is 6.06. The Bertz CT molecular complexity index is 993. The van der Waals surface area contributed by atoms with Crippen molar-refractivity contribution < 1.29 is 23.8 Å². The zero-order chi connectivity index (χ0) is 20.8. The molecule has 2 heterocycles. The molecule has 0 saturated heterocycles. The fourth-order valence-corrected chi connectivity index (χ4v) is 2.48. The van der Waals surface area contributed by atoms with Crippen molar-refractivity contribution in [2.24, 2.45) is 0 Å². The first kappa shape index (κ1) is 19.9. The molecule has 1 N–H and O–H groups in total. The van der Waals surface area contributed by atoms with Crippen molar-refractivity contribution in [2.45, 2.75) is 20.2 Å². The van der Waals surface area contributed by atoms with Crippen molar-refractivity contribution in [1.29, 1.82) is 0 Å². The molecule has 0 saturated carbocycles. The normalized spacial score (nSPS) is 10.4. The maximum absolute atomic E-state index is 12.5. The molecule has 3 rings (SSSR count). The molecule has 10 nitrogen and oxygen atoms in total. The summed E-state index contributed by atoms with van der Waals surface area (Å²) in [7, 11) is 2.84. The summed E-state index contributed by atoms with van der Waals surface area (Å²) in [4.78, 5) is 24.4. The van der Waals surface area contributed by atoms with Gasteiger partial charge in [-0.05, 0) is 37.3 Å². The molecule has 10 heteroatoms. The van der Waals surface area contributed by atoms with Gasteiger partial charge in [0.15, 0.2) is 18.1 Å². The second-order valence-corrected chi connectivity index (χ2v) is 5.88. The number of amides is 1.